The lowest BCUT2D eigenvalue weighted by Crippen LogP contribution is -2.44. The van der Waals surface area contributed by atoms with Crippen LogP contribution in [0.5, 0.6) is 0 Å². The molecule has 0 saturated carbocycles. The topological polar surface area (TPSA) is 75.6 Å². The molecule has 0 saturated heterocycles. The molecule has 1 rings (SSSR count). The number of terminal acetylenes is 1. The fourth-order valence-electron chi connectivity index (χ4n) is 1.62. The summed E-state index contributed by atoms with van der Waals surface area (Å²) in [7, 11) is 0. The predicted octanol–water partition coefficient (Wildman–Crippen LogP) is 2.19. The van der Waals surface area contributed by atoms with Crippen LogP contribution < -0.4 is 5.32 Å². The van der Waals surface area contributed by atoms with Gasteiger partial charge in [-0.15, -0.1) is 6.42 Å². The molecule has 0 spiro atoms. The van der Waals surface area contributed by atoms with E-state index in [9.17, 15) is 14.7 Å². The minimum atomic E-state index is -1.12. The summed E-state index contributed by atoms with van der Waals surface area (Å²) in [6.45, 7) is 5.13. The molecule has 112 valence electrons. The predicted molar refractivity (Wildman–Crippen MR) is 78.9 cm³/mol. The summed E-state index contributed by atoms with van der Waals surface area (Å²) in [5, 5.41) is 11.5. The van der Waals surface area contributed by atoms with Crippen molar-refractivity contribution in [1.29, 1.82) is 0 Å². The van der Waals surface area contributed by atoms with Crippen molar-refractivity contribution >= 4 is 12.1 Å². The van der Waals surface area contributed by atoms with E-state index in [-0.39, 0.29) is 6.42 Å². The highest BCUT2D eigenvalue weighted by Crippen LogP contribution is 2.09. The van der Waals surface area contributed by atoms with E-state index in [2.05, 4.69) is 11.2 Å². The lowest BCUT2D eigenvalue weighted by molar-refractivity contribution is -0.139. The van der Waals surface area contributed by atoms with Crippen LogP contribution in [-0.4, -0.2) is 28.8 Å². The van der Waals surface area contributed by atoms with Crippen LogP contribution in [0.2, 0.25) is 0 Å². The van der Waals surface area contributed by atoms with Gasteiger partial charge in [0.2, 0.25) is 0 Å². The minimum Gasteiger partial charge on any atom is -0.480 e. The zero-order valence-corrected chi connectivity index (χ0v) is 12.3. The Balaban J connectivity index is 2.72. The van der Waals surface area contributed by atoms with Crippen molar-refractivity contribution < 1.29 is 19.4 Å². The average molecular weight is 289 g/mol. The monoisotopic (exact) mass is 289 g/mol. The number of carbonyl (C=O) groups is 2. The van der Waals surface area contributed by atoms with E-state index in [0.29, 0.717) is 5.56 Å². The molecule has 1 aromatic carbocycles. The van der Waals surface area contributed by atoms with Gasteiger partial charge in [-0.2, -0.15) is 0 Å². The maximum Gasteiger partial charge on any atom is 0.408 e. The summed E-state index contributed by atoms with van der Waals surface area (Å²) in [4.78, 5) is 22.9. The molecule has 0 aliphatic carbocycles. The standard InChI is InChI=1S/C16H19NO4/c1-5-11-6-8-12(9-7-11)10-13(14(18)19)17-15(20)21-16(2,3)4/h1,6-9,13H,10H2,2-4H3,(H,17,20)(H,18,19). The summed E-state index contributed by atoms with van der Waals surface area (Å²) in [6.07, 6.45) is 4.65. The summed E-state index contributed by atoms with van der Waals surface area (Å²) >= 11 is 0. The number of nitrogens with one attached hydrogen (secondary N) is 1. The Bertz CT molecular complexity index is 549. The largest absolute Gasteiger partial charge is 0.480 e. The second kappa shape index (κ2) is 6.80. The van der Waals surface area contributed by atoms with Crippen molar-refractivity contribution in [2.75, 3.05) is 0 Å². The van der Waals surface area contributed by atoms with E-state index in [1.54, 1.807) is 45.0 Å². The molecular weight excluding hydrogens is 270 g/mol. The molecular formula is C16H19NO4. The van der Waals surface area contributed by atoms with Crippen LogP contribution in [-0.2, 0) is 16.0 Å². The van der Waals surface area contributed by atoms with E-state index >= 15 is 0 Å². The Hall–Kier alpha value is -2.48. The van der Waals surface area contributed by atoms with Crippen LogP contribution in [0.15, 0.2) is 24.3 Å². The summed E-state index contributed by atoms with van der Waals surface area (Å²) in [5.74, 6) is 1.36. The first kappa shape index (κ1) is 16.6. The first-order valence-electron chi connectivity index (χ1n) is 6.49. The average Bonchev–Trinajstić information content (AvgIpc) is 2.36. The number of amides is 1. The third-order valence-corrected chi connectivity index (χ3v) is 2.55. The van der Waals surface area contributed by atoms with Gasteiger partial charge in [0, 0.05) is 12.0 Å². The number of carboxylic acid groups (broad SMARTS) is 1. The Labute approximate surface area is 124 Å². The number of rotatable bonds is 4. The van der Waals surface area contributed by atoms with E-state index in [0.717, 1.165) is 5.56 Å². The summed E-state index contributed by atoms with van der Waals surface area (Å²) < 4.78 is 5.05. The SMILES string of the molecule is C#Cc1ccc(CC(NC(=O)OC(C)(C)C)C(=O)O)cc1. The highest BCUT2D eigenvalue weighted by atomic mass is 16.6. The van der Waals surface area contributed by atoms with Crippen molar-refractivity contribution in [2.45, 2.75) is 38.8 Å². The van der Waals surface area contributed by atoms with Gasteiger partial charge in [-0.3, -0.25) is 0 Å². The number of aliphatic carboxylic acids is 1. The number of hydrogen-bond donors (Lipinski definition) is 2. The molecule has 1 amide bonds. The Morgan fingerprint density at radius 1 is 1.33 bits per heavy atom. The van der Waals surface area contributed by atoms with Crippen LogP contribution in [0, 0.1) is 12.3 Å². The maximum atomic E-state index is 11.6. The molecule has 21 heavy (non-hydrogen) atoms. The molecule has 5 heteroatoms. The molecule has 0 aliphatic rings. The normalized spacial score (nSPS) is 12.1. The van der Waals surface area contributed by atoms with E-state index in [1.165, 1.54) is 0 Å². The van der Waals surface area contributed by atoms with Crippen LogP contribution in [0.25, 0.3) is 0 Å². The minimum absolute atomic E-state index is 0.152. The van der Waals surface area contributed by atoms with E-state index in [1.807, 2.05) is 0 Å². The van der Waals surface area contributed by atoms with Gasteiger partial charge < -0.3 is 15.2 Å². The van der Waals surface area contributed by atoms with Crippen molar-refractivity contribution in [3.63, 3.8) is 0 Å². The van der Waals surface area contributed by atoms with Gasteiger partial charge in [-0.1, -0.05) is 18.1 Å². The molecule has 1 atom stereocenters. The molecule has 0 heterocycles. The number of ether oxygens (including phenoxy) is 1. The fourth-order valence-corrected chi connectivity index (χ4v) is 1.62. The number of alkyl carbamates (subject to hydrolysis) is 1. The second-order valence-corrected chi connectivity index (χ2v) is 5.58. The molecule has 0 aromatic heterocycles. The Kier molecular flexibility index (Phi) is 5.37. The van der Waals surface area contributed by atoms with Crippen molar-refractivity contribution in [3.8, 4) is 12.3 Å². The van der Waals surface area contributed by atoms with E-state index in [4.69, 9.17) is 11.2 Å². The molecule has 1 unspecified atom stereocenters. The van der Waals surface area contributed by atoms with Gasteiger partial charge in [0.25, 0.3) is 0 Å². The summed E-state index contributed by atoms with van der Waals surface area (Å²) in [6, 6.07) is 5.87. The van der Waals surface area contributed by atoms with Crippen molar-refractivity contribution in [3.05, 3.63) is 35.4 Å². The van der Waals surface area contributed by atoms with Crippen molar-refractivity contribution in [2.24, 2.45) is 0 Å². The fraction of sp³-hybridized carbons (Fsp3) is 0.375. The molecule has 0 radical (unpaired) electrons. The lowest BCUT2D eigenvalue weighted by Gasteiger charge is -2.22. The molecule has 0 fully saturated rings. The molecule has 2 N–H and O–H groups in total. The maximum absolute atomic E-state index is 11.6. The zero-order chi connectivity index (χ0) is 16.0. The molecule has 0 aliphatic heterocycles. The third-order valence-electron chi connectivity index (χ3n) is 2.55. The van der Waals surface area contributed by atoms with Crippen molar-refractivity contribution in [1.82, 2.24) is 5.32 Å². The van der Waals surface area contributed by atoms with Gasteiger partial charge >= 0.3 is 12.1 Å². The summed E-state index contributed by atoms with van der Waals surface area (Å²) in [5.41, 5.74) is 0.796. The highest BCUT2D eigenvalue weighted by molar-refractivity contribution is 5.80. The van der Waals surface area contributed by atoms with Gasteiger partial charge in [0.15, 0.2) is 0 Å². The number of carboxylic acids is 1. The van der Waals surface area contributed by atoms with E-state index < -0.39 is 23.7 Å². The van der Waals surface area contributed by atoms with Gasteiger partial charge in [0.05, 0.1) is 0 Å². The second-order valence-electron chi connectivity index (χ2n) is 5.58. The first-order valence-corrected chi connectivity index (χ1v) is 6.49. The number of benzene rings is 1. The van der Waals surface area contributed by atoms with Crippen LogP contribution >= 0.6 is 0 Å². The molecule has 0 bridgehead atoms. The Morgan fingerprint density at radius 3 is 2.33 bits per heavy atom. The molecule has 1 aromatic rings. The lowest BCUT2D eigenvalue weighted by atomic mass is 10.0. The van der Waals surface area contributed by atoms with Crippen LogP contribution in [0.3, 0.4) is 0 Å². The number of hydrogen-bond acceptors (Lipinski definition) is 3. The quantitative estimate of drug-likeness (QED) is 0.833. The first-order chi connectivity index (χ1) is 9.71. The zero-order valence-electron chi connectivity index (χ0n) is 12.3. The smallest absolute Gasteiger partial charge is 0.408 e. The van der Waals surface area contributed by atoms with Gasteiger partial charge in [-0.25, -0.2) is 9.59 Å². The van der Waals surface area contributed by atoms with Gasteiger partial charge in [-0.05, 0) is 38.5 Å². The van der Waals surface area contributed by atoms with Crippen LogP contribution in [0.1, 0.15) is 31.9 Å². The van der Waals surface area contributed by atoms with Gasteiger partial charge in [0.1, 0.15) is 11.6 Å². The van der Waals surface area contributed by atoms with Crippen LogP contribution in [0.4, 0.5) is 4.79 Å². The third kappa shape index (κ3) is 6.00. The Morgan fingerprint density at radius 2 is 1.90 bits per heavy atom. The number of carbonyl (C=O) groups excluding carboxylic acids is 1. The highest BCUT2D eigenvalue weighted by Gasteiger charge is 2.24. The molecule has 5 nitrogen and oxygen atoms in total.